The monoisotopic (exact) mass is 389 g/mol. The molecule has 1 atom stereocenters. The van der Waals surface area contributed by atoms with E-state index in [1.54, 1.807) is 20.3 Å². The molecular formula is C21H31N3O4. The summed E-state index contributed by atoms with van der Waals surface area (Å²) in [5, 5.41) is 4.07. The zero-order valence-electron chi connectivity index (χ0n) is 17.7. The van der Waals surface area contributed by atoms with Crippen LogP contribution in [0.1, 0.15) is 46.4 Å². The molecule has 28 heavy (non-hydrogen) atoms. The highest BCUT2D eigenvalue weighted by molar-refractivity contribution is 5.76. The van der Waals surface area contributed by atoms with Crippen molar-refractivity contribution in [2.24, 2.45) is 5.92 Å². The zero-order chi connectivity index (χ0) is 20.7. The Morgan fingerprint density at radius 3 is 2.32 bits per heavy atom. The van der Waals surface area contributed by atoms with Gasteiger partial charge in [-0.05, 0) is 31.4 Å². The average Bonchev–Trinajstić information content (AvgIpc) is 3.15. The molecule has 1 aromatic heterocycles. The van der Waals surface area contributed by atoms with Crippen LogP contribution in [-0.4, -0.2) is 47.8 Å². The molecule has 0 saturated heterocycles. The lowest BCUT2D eigenvalue weighted by atomic mass is 10.1. The quantitative estimate of drug-likeness (QED) is 0.612. The van der Waals surface area contributed by atoms with Gasteiger partial charge >= 0.3 is 0 Å². The predicted molar refractivity (Wildman–Crippen MR) is 107 cm³/mol. The second-order valence-electron chi connectivity index (χ2n) is 7.31. The molecule has 0 radical (unpaired) electrons. The molecule has 0 unspecified atom stereocenters. The number of amides is 1. The molecule has 0 bridgehead atoms. The van der Waals surface area contributed by atoms with Crippen LogP contribution in [0.4, 0.5) is 0 Å². The molecule has 0 aliphatic rings. The maximum absolute atomic E-state index is 12.6. The lowest BCUT2D eigenvalue weighted by Gasteiger charge is -2.29. The summed E-state index contributed by atoms with van der Waals surface area (Å²) in [6.07, 6.45) is 1.97. The van der Waals surface area contributed by atoms with Gasteiger partial charge < -0.3 is 18.9 Å². The number of carbonyl (C=O) groups excluding carboxylic acids is 1. The van der Waals surface area contributed by atoms with Gasteiger partial charge in [0.1, 0.15) is 11.5 Å². The first-order chi connectivity index (χ1) is 13.4. The lowest BCUT2D eigenvalue weighted by Crippen LogP contribution is -2.40. The number of carbonyl (C=O) groups is 1. The molecule has 7 heteroatoms. The first-order valence-corrected chi connectivity index (χ1v) is 9.73. The third-order valence-electron chi connectivity index (χ3n) is 4.67. The van der Waals surface area contributed by atoms with Crippen molar-refractivity contribution < 1.29 is 18.8 Å². The van der Waals surface area contributed by atoms with E-state index in [0.717, 1.165) is 12.0 Å². The lowest BCUT2D eigenvalue weighted by molar-refractivity contribution is -0.134. The van der Waals surface area contributed by atoms with Crippen LogP contribution in [0.15, 0.2) is 22.7 Å². The maximum atomic E-state index is 12.6. The molecule has 7 nitrogen and oxygen atoms in total. The van der Waals surface area contributed by atoms with Gasteiger partial charge in [-0.1, -0.05) is 25.9 Å². The standard InChI is InChI=1S/C21H31N3O4/c1-7-15(4)24(20(25)10-14(2)3)9-8-19-22-21(23-28-19)16-11-17(26-5)13-18(12-16)27-6/h11-15H,7-10H2,1-6H3/t15-/m1/s1. The number of hydrogen-bond donors (Lipinski definition) is 0. The largest absolute Gasteiger partial charge is 0.497 e. The molecule has 0 N–H and O–H groups in total. The molecule has 1 amide bonds. The van der Waals surface area contributed by atoms with Crippen LogP contribution < -0.4 is 9.47 Å². The topological polar surface area (TPSA) is 77.7 Å². The van der Waals surface area contributed by atoms with Gasteiger partial charge in [-0.15, -0.1) is 0 Å². The van der Waals surface area contributed by atoms with Crippen LogP contribution in [0.2, 0.25) is 0 Å². The molecule has 1 heterocycles. The highest BCUT2D eigenvalue weighted by Crippen LogP contribution is 2.28. The summed E-state index contributed by atoms with van der Waals surface area (Å²) < 4.78 is 16.0. The van der Waals surface area contributed by atoms with Crippen LogP contribution in [0.5, 0.6) is 11.5 Å². The summed E-state index contributed by atoms with van der Waals surface area (Å²) >= 11 is 0. The Morgan fingerprint density at radius 2 is 1.79 bits per heavy atom. The smallest absolute Gasteiger partial charge is 0.228 e. The summed E-state index contributed by atoms with van der Waals surface area (Å²) in [5.74, 6) is 2.78. The molecule has 0 fully saturated rings. The minimum absolute atomic E-state index is 0.168. The fourth-order valence-corrected chi connectivity index (χ4v) is 2.90. The Balaban J connectivity index is 2.12. The third kappa shape index (κ3) is 5.71. The Bertz CT molecular complexity index is 751. The fraction of sp³-hybridized carbons (Fsp3) is 0.571. The molecule has 2 aromatic rings. The zero-order valence-corrected chi connectivity index (χ0v) is 17.7. The summed E-state index contributed by atoms with van der Waals surface area (Å²) in [6, 6.07) is 5.62. The Kier molecular flexibility index (Phi) is 7.84. The van der Waals surface area contributed by atoms with Crippen molar-refractivity contribution in [3.8, 4) is 22.9 Å². The molecule has 1 aromatic carbocycles. The van der Waals surface area contributed by atoms with E-state index in [0.29, 0.717) is 48.5 Å². The van der Waals surface area contributed by atoms with Gasteiger partial charge in [0.2, 0.25) is 17.6 Å². The van der Waals surface area contributed by atoms with Gasteiger partial charge in [-0.25, -0.2) is 0 Å². The minimum Gasteiger partial charge on any atom is -0.497 e. The Hall–Kier alpha value is -2.57. The first kappa shape index (κ1) is 21.7. The third-order valence-corrected chi connectivity index (χ3v) is 4.67. The second kappa shape index (κ2) is 10.1. The number of methoxy groups -OCH3 is 2. The van der Waals surface area contributed by atoms with Crippen molar-refractivity contribution in [2.75, 3.05) is 20.8 Å². The van der Waals surface area contributed by atoms with Gasteiger partial charge in [0.15, 0.2) is 0 Å². The number of benzene rings is 1. The summed E-state index contributed by atoms with van der Waals surface area (Å²) in [6.45, 7) is 8.82. The number of ether oxygens (including phenoxy) is 2. The highest BCUT2D eigenvalue weighted by Gasteiger charge is 2.21. The van der Waals surface area contributed by atoms with Gasteiger partial charge in [-0.2, -0.15) is 4.98 Å². The first-order valence-electron chi connectivity index (χ1n) is 9.73. The van der Waals surface area contributed by atoms with E-state index in [1.165, 1.54) is 0 Å². The van der Waals surface area contributed by atoms with Crippen LogP contribution in [0.25, 0.3) is 11.4 Å². The number of rotatable bonds is 10. The van der Waals surface area contributed by atoms with E-state index in [1.807, 2.05) is 17.0 Å². The summed E-state index contributed by atoms with van der Waals surface area (Å²) in [7, 11) is 3.19. The van der Waals surface area contributed by atoms with Crippen molar-refractivity contribution >= 4 is 5.91 Å². The van der Waals surface area contributed by atoms with Crippen molar-refractivity contribution in [3.05, 3.63) is 24.1 Å². The van der Waals surface area contributed by atoms with Crippen molar-refractivity contribution in [3.63, 3.8) is 0 Å². The fourth-order valence-electron chi connectivity index (χ4n) is 2.90. The van der Waals surface area contributed by atoms with Crippen LogP contribution in [0.3, 0.4) is 0 Å². The molecule has 0 saturated carbocycles. The van der Waals surface area contributed by atoms with E-state index in [-0.39, 0.29) is 11.9 Å². The number of hydrogen-bond acceptors (Lipinski definition) is 6. The molecule has 154 valence electrons. The normalized spacial score (nSPS) is 12.1. The SMILES string of the molecule is CC[C@@H](C)N(CCc1nc(-c2cc(OC)cc(OC)c2)no1)C(=O)CC(C)C. The van der Waals surface area contributed by atoms with Gasteiger partial charge in [0.05, 0.1) is 14.2 Å². The van der Waals surface area contributed by atoms with E-state index in [4.69, 9.17) is 14.0 Å². The van der Waals surface area contributed by atoms with Gasteiger partial charge in [0.25, 0.3) is 0 Å². The predicted octanol–water partition coefficient (Wildman–Crippen LogP) is 3.97. The van der Waals surface area contributed by atoms with Crippen molar-refractivity contribution in [2.45, 2.75) is 53.0 Å². The number of aromatic nitrogens is 2. The van der Waals surface area contributed by atoms with Crippen LogP contribution in [0, 0.1) is 5.92 Å². The maximum Gasteiger partial charge on any atom is 0.228 e. The molecule has 0 aliphatic carbocycles. The second-order valence-corrected chi connectivity index (χ2v) is 7.31. The average molecular weight is 389 g/mol. The minimum atomic E-state index is 0.168. The van der Waals surface area contributed by atoms with Gasteiger partial charge in [-0.3, -0.25) is 4.79 Å². The molecular weight excluding hydrogens is 358 g/mol. The van der Waals surface area contributed by atoms with Crippen LogP contribution >= 0.6 is 0 Å². The summed E-state index contributed by atoms with van der Waals surface area (Å²) in [4.78, 5) is 19.0. The Labute approximate surface area is 167 Å². The molecule has 0 spiro atoms. The molecule has 0 aliphatic heterocycles. The molecule has 2 rings (SSSR count). The number of nitrogens with zero attached hydrogens (tertiary/aromatic N) is 3. The van der Waals surface area contributed by atoms with Crippen molar-refractivity contribution in [1.29, 1.82) is 0 Å². The van der Waals surface area contributed by atoms with Crippen LogP contribution in [-0.2, 0) is 11.2 Å². The van der Waals surface area contributed by atoms with E-state index >= 15 is 0 Å². The summed E-state index contributed by atoms with van der Waals surface area (Å²) in [5.41, 5.74) is 0.751. The highest BCUT2D eigenvalue weighted by atomic mass is 16.5. The van der Waals surface area contributed by atoms with E-state index in [9.17, 15) is 4.79 Å². The Morgan fingerprint density at radius 1 is 1.14 bits per heavy atom. The van der Waals surface area contributed by atoms with Crippen molar-refractivity contribution in [1.82, 2.24) is 15.0 Å². The van der Waals surface area contributed by atoms with E-state index in [2.05, 4.69) is 37.8 Å². The van der Waals surface area contributed by atoms with E-state index < -0.39 is 0 Å². The van der Waals surface area contributed by atoms with Gasteiger partial charge in [0, 0.05) is 37.1 Å².